The Balaban J connectivity index is 0.00000337. The van der Waals surface area contributed by atoms with Crippen LogP contribution >= 0.6 is 12.4 Å². The van der Waals surface area contributed by atoms with Gasteiger partial charge in [-0.3, -0.25) is 0 Å². The Morgan fingerprint density at radius 3 is 2.66 bits per heavy atom. The van der Waals surface area contributed by atoms with Gasteiger partial charge in [0.05, 0.1) is 5.52 Å². The summed E-state index contributed by atoms with van der Waals surface area (Å²) in [5.41, 5.74) is 3.19. The van der Waals surface area contributed by atoms with Gasteiger partial charge in [-0.1, -0.05) is 36.4 Å². The number of carboxylic acid groups (broad SMARTS) is 1. The number of H-pyrrole nitrogens is 1. The number of aromatic carboxylic acids is 1. The van der Waals surface area contributed by atoms with Crippen molar-refractivity contribution < 1.29 is 29.2 Å². The molecule has 0 saturated heterocycles. The number of aliphatic hydroxyl groups is 1. The molecule has 2 atom stereocenters. The van der Waals surface area contributed by atoms with Crippen LogP contribution in [0.5, 0.6) is 23.0 Å². The van der Waals surface area contributed by atoms with E-state index in [9.17, 15) is 15.0 Å². The minimum absolute atomic E-state index is 0. The smallest absolute Gasteiger partial charge is 0.339 e. The molecule has 0 aliphatic carbocycles. The van der Waals surface area contributed by atoms with E-state index in [1.807, 2.05) is 48.5 Å². The molecular weight excluding hydrogens is 544 g/mol. The Bertz CT molecular complexity index is 1670. The molecule has 1 aliphatic rings. The van der Waals surface area contributed by atoms with Crippen LogP contribution in [0.4, 0.5) is 0 Å². The van der Waals surface area contributed by atoms with Crippen LogP contribution in [0, 0.1) is 0 Å². The van der Waals surface area contributed by atoms with Crippen LogP contribution in [0.15, 0.2) is 84.9 Å². The number of aryl methyl sites for hydroxylation is 1. The third-order valence-electron chi connectivity index (χ3n) is 7.08. The standard InChI is InChI=1S/C32H30N2O6.ClH/c35-21(19-38-30-11-5-9-27-31(30)24-6-1-3-8-26(24)34-27)17-33-18-23-13-12-20-16-22(14-15-28(20)40-23)39-29-10-4-2-7-25(29)32(36)37;/h1-11,14-16,21,23,33-35H,12-13,17-19H2,(H,36,37);1H/t21-,23+;/m0./s1. The molecule has 1 aromatic heterocycles. The van der Waals surface area contributed by atoms with Crippen molar-refractivity contribution >= 4 is 40.2 Å². The van der Waals surface area contributed by atoms with Gasteiger partial charge in [0.2, 0.25) is 0 Å². The fourth-order valence-corrected chi connectivity index (χ4v) is 5.13. The van der Waals surface area contributed by atoms with E-state index in [1.165, 1.54) is 6.07 Å². The van der Waals surface area contributed by atoms with Crippen LogP contribution in [-0.4, -0.2) is 53.1 Å². The van der Waals surface area contributed by atoms with Crippen LogP contribution in [0.25, 0.3) is 21.8 Å². The Kier molecular flexibility index (Phi) is 8.64. The number of hydrogen-bond acceptors (Lipinski definition) is 6. The topological polar surface area (TPSA) is 113 Å². The molecule has 8 nitrogen and oxygen atoms in total. The first-order chi connectivity index (χ1) is 19.5. The highest BCUT2D eigenvalue weighted by molar-refractivity contribution is 6.10. The van der Waals surface area contributed by atoms with Crippen molar-refractivity contribution in [1.29, 1.82) is 0 Å². The van der Waals surface area contributed by atoms with Crippen LogP contribution in [0.1, 0.15) is 22.3 Å². The lowest BCUT2D eigenvalue weighted by molar-refractivity contribution is 0.0694. The predicted octanol–water partition coefficient (Wildman–Crippen LogP) is 5.96. The monoisotopic (exact) mass is 574 g/mol. The lowest BCUT2D eigenvalue weighted by atomic mass is 10.0. The first kappa shape index (κ1) is 28.3. The molecule has 0 saturated carbocycles. The van der Waals surface area contributed by atoms with Crippen molar-refractivity contribution in [2.24, 2.45) is 0 Å². The molecule has 2 heterocycles. The third-order valence-corrected chi connectivity index (χ3v) is 7.08. The average molecular weight is 575 g/mol. The summed E-state index contributed by atoms with van der Waals surface area (Å²) < 4.78 is 18.0. The number of aromatic amines is 1. The molecule has 6 rings (SSSR count). The molecule has 4 N–H and O–H groups in total. The third kappa shape index (κ3) is 6.25. The second-order valence-corrected chi connectivity index (χ2v) is 9.92. The highest BCUT2D eigenvalue weighted by Gasteiger charge is 2.21. The first-order valence-electron chi connectivity index (χ1n) is 13.4. The van der Waals surface area contributed by atoms with Gasteiger partial charge >= 0.3 is 5.97 Å². The van der Waals surface area contributed by atoms with E-state index < -0.39 is 12.1 Å². The molecule has 0 amide bonds. The van der Waals surface area contributed by atoms with Crippen LogP contribution in [0.2, 0.25) is 0 Å². The number of nitrogens with one attached hydrogen (secondary N) is 2. The molecule has 4 aromatic carbocycles. The second kappa shape index (κ2) is 12.5. The Hall–Kier alpha value is -4.24. The zero-order valence-electron chi connectivity index (χ0n) is 22.2. The van der Waals surface area contributed by atoms with Gasteiger partial charge in [0.15, 0.2) is 0 Å². The number of fused-ring (bicyclic) bond motifs is 4. The maximum atomic E-state index is 11.5. The molecule has 0 radical (unpaired) electrons. The van der Waals surface area contributed by atoms with Crippen LogP contribution < -0.4 is 19.5 Å². The van der Waals surface area contributed by atoms with Gasteiger partial charge in [0.25, 0.3) is 0 Å². The quantitative estimate of drug-likeness (QED) is 0.163. The summed E-state index contributed by atoms with van der Waals surface area (Å²) in [6.45, 7) is 1.15. The van der Waals surface area contributed by atoms with Crippen molar-refractivity contribution in [2.45, 2.75) is 25.0 Å². The minimum atomic E-state index is -1.03. The Morgan fingerprint density at radius 2 is 1.78 bits per heavy atom. The predicted molar refractivity (Wildman–Crippen MR) is 160 cm³/mol. The first-order valence-corrected chi connectivity index (χ1v) is 13.4. The zero-order valence-corrected chi connectivity index (χ0v) is 23.0. The number of carbonyl (C=O) groups is 1. The van der Waals surface area contributed by atoms with E-state index in [0.29, 0.717) is 24.6 Å². The zero-order chi connectivity index (χ0) is 27.5. The number of halogens is 1. The number of para-hydroxylation sites is 2. The van der Waals surface area contributed by atoms with Crippen molar-refractivity contribution in [3.63, 3.8) is 0 Å². The van der Waals surface area contributed by atoms with E-state index in [-0.39, 0.29) is 30.7 Å². The van der Waals surface area contributed by atoms with Crippen LogP contribution in [0.3, 0.4) is 0 Å². The number of aromatic nitrogens is 1. The van der Waals surface area contributed by atoms with Crippen molar-refractivity contribution in [1.82, 2.24) is 10.3 Å². The maximum absolute atomic E-state index is 11.5. The molecule has 0 unspecified atom stereocenters. The van der Waals surface area contributed by atoms with E-state index in [1.54, 1.807) is 24.3 Å². The summed E-state index contributed by atoms with van der Waals surface area (Å²) in [6.07, 6.45) is 0.911. The van der Waals surface area contributed by atoms with Gasteiger partial charge in [-0.05, 0) is 66.9 Å². The van der Waals surface area contributed by atoms with E-state index in [2.05, 4.69) is 16.4 Å². The number of ether oxygens (including phenoxy) is 3. The lowest BCUT2D eigenvalue weighted by Crippen LogP contribution is -2.39. The number of benzene rings is 4. The molecule has 5 aromatic rings. The molecule has 0 bridgehead atoms. The summed E-state index contributed by atoms with van der Waals surface area (Å²) in [5, 5.41) is 25.4. The number of carboxylic acids is 1. The molecule has 9 heteroatoms. The number of hydrogen-bond donors (Lipinski definition) is 4. The number of aliphatic hydroxyl groups excluding tert-OH is 1. The maximum Gasteiger partial charge on any atom is 0.339 e. The number of rotatable bonds is 10. The highest BCUT2D eigenvalue weighted by Crippen LogP contribution is 2.34. The van der Waals surface area contributed by atoms with Crippen LogP contribution in [-0.2, 0) is 6.42 Å². The molecule has 212 valence electrons. The second-order valence-electron chi connectivity index (χ2n) is 9.92. The fourth-order valence-electron chi connectivity index (χ4n) is 5.13. The average Bonchev–Trinajstić information content (AvgIpc) is 3.36. The van der Waals surface area contributed by atoms with Gasteiger partial charge in [0.1, 0.15) is 47.4 Å². The molecule has 41 heavy (non-hydrogen) atoms. The Labute approximate surface area is 243 Å². The van der Waals surface area contributed by atoms with Gasteiger partial charge in [-0.2, -0.15) is 0 Å². The molecule has 0 fully saturated rings. The summed E-state index contributed by atoms with van der Waals surface area (Å²) in [5.74, 6) is 1.37. The van der Waals surface area contributed by atoms with Crippen molar-refractivity contribution in [3.8, 4) is 23.0 Å². The molecule has 1 aliphatic heterocycles. The SMILES string of the molecule is Cl.O=C(O)c1ccccc1Oc1ccc2c(c1)CC[C@H](CNC[C@H](O)COc1cccc3[nH]c4ccccc4c13)O2. The van der Waals surface area contributed by atoms with E-state index in [4.69, 9.17) is 14.2 Å². The summed E-state index contributed by atoms with van der Waals surface area (Å²) in [7, 11) is 0. The molecule has 0 spiro atoms. The summed E-state index contributed by atoms with van der Waals surface area (Å²) in [4.78, 5) is 14.9. The van der Waals surface area contributed by atoms with Crippen molar-refractivity contribution in [3.05, 3.63) is 96.1 Å². The molecular formula is C32H31ClN2O6. The Morgan fingerprint density at radius 1 is 1.00 bits per heavy atom. The van der Waals surface area contributed by atoms with Gasteiger partial charge < -0.3 is 34.7 Å². The van der Waals surface area contributed by atoms with Gasteiger partial charge in [-0.25, -0.2) is 4.79 Å². The van der Waals surface area contributed by atoms with Gasteiger partial charge in [-0.15, -0.1) is 12.4 Å². The lowest BCUT2D eigenvalue weighted by Gasteiger charge is -2.27. The van der Waals surface area contributed by atoms with Gasteiger partial charge in [0, 0.05) is 29.4 Å². The largest absolute Gasteiger partial charge is 0.490 e. The van der Waals surface area contributed by atoms with E-state index >= 15 is 0 Å². The highest BCUT2D eigenvalue weighted by atomic mass is 35.5. The van der Waals surface area contributed by atoms with Crippen molar-refractivity contribution in [2.75, 3.05) is 19.7 Å². The fraction of sp³-hybridized carbons (Fsp3) is 0.219. The summed E-state index contributed by atoms with van der Waals surface area (Å²) >= 11 is 0. The normalized spacial score (nSPS) is 15.0. The summed E-state index contributed by atoms with van der Waals surface area (Å²) in [6, 6.07) is 26.1. The minimum Gasteiger partial charge on any atom is -0.490 e. The van der Waals surface area contributed by atoms with E-state index in [0.717, 1.165) is 51.7 Å².